The highest BCUT2D eigenvalue weighted by atomic mass is 16.8. The van der Waals surface area contributed by atoms with Crippen molar-refractivity contribution < 1.29 is 15.3 Å². The fourth-order valence-electron chi connectivity index (χ4n) is 1.25. The summed E-state index contributed by atoms with van der Waals surface area (Å²) < 4.78 is 0. The van der Waals surface area contributed by atoms with Gasteiger partial charge in [0.1, 0.15) is 5.70 Å². The Morgan fingerprint density at radius 3 is 2.60 bits per heavy atom. The van der Waals surface area contributed by atoms with Gasteiger partial charge < -0.3 is 26.5 Å². The largest absolute Gasteiger partial charge is 0.759 e. The van der Waals surface area contributed by atoms with Crippen LogP contribution >= 0.6 is 0 Å². The molecule has 110 valence electrons. The third kappa shape index (κ3) is 3.88. The second-order valence-corrected chi connectivity index (χ2v) is 3.38. The van der Waals surface area contributed by atoms with Gasteiger partial charge in [-0.25, -0.2) is 0 Å². The maximum atomic E-state index is 10.6. The first-order chi connectivity index (χ1) is 9.49. The molecule has 0 unspecified atom stereocenters. The summed E-state index contributed by atoms with van der Waals surface area (Å²) in [5, 5.41) is 49.3. The Hall–Kier alpha value is -2.76. The first-order valence-electron chi connectivity index (χ1n) is 5.15. The summed E-state index contributed by atoms with van der Waals surface area (Å²) in [6.07, 6.45) is 4.69. The number of hydrogen-bond donors (Lipinski definition) is 5. The van der Waals surface area contributed by atoms with Crippen LogP contribution in [0.1, 0.15) is 0 Å². The van der Waals surface area contributed by atoms with Crippen LogP contribution in [0.3, 0.4) is 0 Å². The minimum absolute atomic E-state index is 0.102. The van der Waals surface area contributed by atoms with E-state index >= 15 is 0 Å². The van der Waals surface area contributed by atoms with E-state index in [0.29, 0.717) is 0 Å². The van der Waals surface area contributed by atoms with Gasteiger partial charge in [0, 0.05) is 31.0 Å². The SMILES string of the molecule is CN=C(N[O-])NN/C=C1\C=CC(=[N+]([O-])[O-])C=C1N(O)O. The van der Waals surface area contributed by atoms with Crippen LogP contribution in [-0.4, -0.2) is 39.3 Å². The highest BCUT2D eigenvalue weighted by molar-refractivity contribution is 6.03. The molecule has 0 heterocycles. The van der Waals surface area contributed by atoms with Crippen molar-refractivity contribution in [2.24, 2.45) is 4.99 Å². The first-order valence-corrected chi connectivity index (χ1v) is 5.15. The number of hydrazine groups is 1. The van der Waals surface area contributed by atoms with Crippen molar-refractivity contribution in [2.45, 2.75) is 0 Å². The van der Waals surface area contributed by atoms with Crippen molar-refractivity contribution in [3.8, 4) is 0 Å². The van der Waals surface area contributed by atoms with E-state index in [1.54, 1.807) is 0 Å². The van der Waals surface area contributed by atoms with Crippen LogP contribution in [0.4, 0.5) is 0 Å². The van der Waals surface area contributed by atoms with E-state index in [1.165, 1.54) is 30.9 Å². The molecule has 20 heavy (non-hydrogen) atoms. The lowest BCUT2D eigenvalue weighted by molar-refractivity contribution is -0.377. The minimum atomic E-state index is -0.675. The maximum Gasteiger partial charge on any atom is 0.225 e. The van der Waals surface area contributed by atoms with Crippen LogP contribution in [0.15, 0.2) is 40.7 Å². The average Bonchev–Trinajstić information content (AvgIpc) is 2.43. The molecule has 0 aromatic carbocycles. The number of rotatable bonds is 3. The zero-order chi connectivity index (χ0) is 15.1. The number of aliphatic imine (C=N–C) groups is 1. The second kappa shape index (κ2) is 6.98. The van der Waals surface area contributed by atoms with E-state index in [1.807, 2.05) is 0 Å². The van der Waals surface area contributed by atoms with E-state index in [2.05, 4.69) is 15.8 Å². The summed E-state index contributed by atoms with van der Waals surface area (Å²) in [6, 6.07) is 0. The van der Waals surface area contributed by atoms with Crippen molar-refractivity contribution in [3.63, 3.8) is 0 Å². The monoisotopic (exact) mass is 284 g/mol. The Labute approximate surface area is 113 Å². The molecule has 0 radical (unpaired) electrons. The number of hydrogen-bond acceptors (Lipinski definition) is 8. The summed E-state index contributed by atoms with van der Waals surface area (Å²) in [5.41, 5.74) is 6.03. The van der Waals surface area contributed by atoms with E-state index in [9.17, 15) is 15.6 Å². The highest BCUT2D eigenvalue weighted by Crippen LogP contribution is 2.17. The maximum absolute atomic E-state index is 10.6. The van der Waals surface area contributed by atoms with E-state index in [0.717, 1.165) is 6.08 Å². The molecule has 0 spiro atoms. The summed E-state index contributed by atoms with van der Waals surface area (Å²) in [7, 11) is 1.37. The number of guanidine groups is 1. The fourth-order valence-corrected chi connectivity index (χ4v) is 1.25. The Kier molecular flexibility index (Phi) is 5.34. The molecule has 0 saturated heterocycles. The molecule has 0 atom stereocenters. The fraction of sp³-hybridized carbons (Fsp3) is 0.111. The van der Waals surface area contributed by atoms with Gasteiger partial charge in [0.25, 0.3) is 0 Å². The van der Waals surface area contributed by atoms with Crippen LogP contribution in [-0.2, 0) is 0 Å². The van der Waals surface area contributed by atoms with Gasteiger partial charge >= 0.3 is 0 Å². The molecule has 1 rings (SSSR count). The molecule has 5 N–H and O–H groups in total. The van der Waals surface area contributed by atoms with Gasteiger partial charge in [0.15, 0.2) is 5.96 Å². The third-order valence-electron chi connectivity index (χ3n) is 2.18. The second-order valence-electron chi connectivity index (χ2n) is 3.38. The van der Waals surface area contributed by atoms with Gasteiger partial charge in [-0.1, -0.05) is 0 Å². The Balaban J connectivity index is 2.87. The van der Waals surface area contributed by atoms with Gasteiger partial charge in [-0.2, -0.15) is 4.90 Å². The smallest absolute Gasteiger partial charge is 0.225 e. The normalized spacial score (nSPS) is 16.8. The Bertz CT molecular complexity index is 503. The molecular formula is C9H12N6O5-2. The minimum Gasteiger partial charge on any atom is -0.759 e. The van der Waals surface area contributed by atoms with E-state index < -0.39 is 4.90 Å². The lowest BCUT2D eigenvalue weighted by Gasteiger charge is -2.19. The predicted octanol–water partition coefficient (Wildman–Crippen LogP) is -0.979. The number of hydroxylamine groups is 3. The van der Waals surface area contributed by atoms with Crippen molar-refractivity contribution >= 4 is 11.7 Å². The molecule has 11 heteroatoms. The van der Waals surface area contributed by atoms with Gasteiger partial charge in [-0.15, -0.1) is 5.23 Å². The van der Waals surface area contributed by atoms with Crippen LogP contribution < -0.4 is 16.3 Å². The molecule has 0 saturated carbocycles. The van der Waals surface area contributed by atoms with Crippen molar-refractivity contribution in [1.82, 2.24) is 21.6 Å². The van der Waals surface area contributed by atoms with Crippen molar-refractivity contribution in [1.29, 1.82) is 0 Å². The molecule has 1 aliphatic rings. The summed E-state index contributed by atoms with van der Waals surface area (Å²) in [6.45, 7) is 0. The zero-order valence-corrected chi connectivity index (χ0v) is 10.3. The molecular weight excluding hydrogens is 272 g/mol. The molecule has 11 nitrogen and oxygen atoms in total. The quantitative estimate of drug-likeness (QED) is 0.189. The average molecular weight is 284 g/mol. The van der Waals surface area contributed by atoms with E-state index in [4.69, 9.17) is 10.4 Å². The summed E-state index contributed by atoms with van der Waals surface area (Å²) in [5.74, 6) is -0.102. The lowest BCUT2D eigenvalue weighted by atomic mass is 10.1. The first kappa shape index (κ1) is 15.3. The molecule has 0 fully saturated rings. The van der Waals surface area contributed by atoms with Crippen LogP contribution in [0.2, 0.25) is 0 Å². The lowest BCUT2D eigenvalue weighted by Crippen LogP contribution is -2.41. The Morgan fingerprint density at radius 2 is 2.10 bits per heavy atom. The summed E-state index contributed by atoms with van der Waals surface area (Å²) in [4.78, 5) is 2.86. The molecule has 1 aliphatic carbocycles. The predicted molar refractivity (Wildman–Crippen MR) is 68.9 cm³/mol. The summed E-state index contributed by atoms with van der Waals surface area (Å²) >= 11 is 0. The van der Waals surface area contributed by atoms with Gasteiger partial charge in [-0.05, 0) is 6.08 Å². The van der Waals surface area contributed by atoms with Crippen LogP contribution in [0, 0.1) is 15.6 Å². The van der Waals surface area contributed by atoms with Gasteiger partial charge in [0.2, 0.25) is 5.71 Å². The molecule has 0 aromatic rings. The number of allylic oxidation sites excluding steroid dienone is 3. The number of nitrogens with one attached hydrogen (secondary N) is 3. The molecule has 0 bridgehead atoms. The van der Waals surface area contributed by atoms with Crippen LogP contribution in [0.5, 0.6) is 0 Å². The van der Waals surface area contributed by atoms with Crippen molar-refractivity contribution in [2.75, 3.05) is 7.05 Å². The number of nitrogens with zero attached hydrogens (tertiary/aromatic N) is 3. The molecule has 0 aromatic heterocycles. The molecule has 0 aliphatic heterocycles. The van der Waals surface area contributed by atoms with Gasteiger partial charge in [0.05, 0.1) is 0 Å². The van der Waals surface area contributed by atoms with Crippen molar-refractivity contribution in [3.05, 3.63) is 51.3 Å². The van der Waals surface area contributed by atoms with Gasteiger partial charge in [-0.3, -0.25) is 20.8 Å². The third-order valence-corrected chi connectivity index (χ3v) is 2.18. The Morgan fingerprint density at radius 1 is 1.40 bits per heavy atom. The highest BCUT2D eigenvalue weighted by Gasteiger charge is 2.16. The van der Waals surface area contributed by atoms with E-state index in [-0.39, 0.29) is 28.2 Å². The standard InChI is InChI=1S/C9H12N6O5/c1-10-9(13-16)12-11-5-6-2-3-7(14(17)18)4-8(6)15(19)20/h2-5,11,19-20H,1H3,(H2-2,10,12,13,16,17,18)/q-2/b6-5+. The van der Waals surface area contributed by atoms with Crippen LogP contribution in [0.25, 0.3) is 0 Å². The molecule has 0 amide bonds. The topological polar surface area (TPSA) is 164 Å². The zero-order valence-electron chi connectivity index (χ0n) is 10.3.